The van der Waals surface area contributed by atoms with Gasteiger partial charge in [0.2, 0.25) is 0 Å². The number of fused-ring (bicyclic) bond motifs is 1. The summed E-state index contributed by atoms with van der Waals surface area (Å²) in [5.41, 5.74) is 0.467. The zero-order valence-corrected chi connectivity index (χ0v) is 12.7. The second-order valence-corrected chi connectivity index (χ2v) is 6.80. The first-order valence-electron chi connectivity index (χ1n) is 6.36. The molecule has 0 aliphatic heterocycles. The fourth-order valence-corrected chi connectivity index (χ4v) is 3.51. The minimum Gasteiger partial charge on any atom is -0.279 e. The lowest BCUT2D eigenvalue weighted by atomic mass is 10.1. The maximum absolute atomic E-state index is 12.5. The maximum Gasteiger partial charge on any atom is 0.261 e. The molecule has 0 aliphatic rings. The van der Waals surface area contributed by atoms with Crippen LogP contribution in [0.5, 0.6) is 0 Å². The van der Waals surface area contributed by atoms with Crippen molar-refractivity contribution in [3.63, 3.8) is 0 Å². The summed E-state index contributed by atoms with van der Waals surface area (Å²) in [5.74, 6) is 0. The van der Waals surface area contributed by atoms with E-state index in [1.807, 2.05) is 24.3 Å². The van der Waals surface area contributed by atoms with Crippen molar-refractivity contribution in [2.45, 2.75) is 9.79 Å². The van der Waals surface area contributed by atoms with Crippen LogP contribution in [-0.2, 0) is 10.0 Å². The van der Waals surface area contributed by atoms with Gasteiger partial charge in [-0.2, -0.15) is 0 Å². The number of para-hydroxylation sites is 1. The van der Waals surface area contributed by atoms with Gasteiger partial charge in [0, 0.05) is 4.90 Å². The van der Waals surface area contributed by atoms with Gasteiger partial charge >= 0.3 is 0 Å². The molecule has 0 unspecified atom stereocenters. The molecule has 5 heteroatoms. The summed E-state index contributed by atoms with van der Waals surface area (Å²) in [5, 5.41) is 1.89. The first kappa shape index (κ1) is 14.0. The van der Waals surface area contributed by atoms with E-state index in [4.69, 9.17) is 0 Å². The predicted octanol–water partition coefficient (Wildman–Crippen LogP) is 3.93. The van der Waals surface area contributed by atoms with Crippen molar-refractivity contribution >= 4 is 39.1 Å². The van der Waals surface area contributed by atoms with Crippen LogP contribution >= 0.6 is 12.6 Å². The fraction of sp³-hybridized carbons (Fsp3) is 0. The lowest BCUT2D eigenvalue weighted by Crippen LogP contribution is -2.13. The van der Waals surface area contributed by atoms with Gasteiger partial charge in [0.1, 0.15) is 0 Å². The summed E-state index contributed by atoms with van der Waals surface area (Å²) in [6.07, 6.45) is 0. The molecular formula is C16H13NO2S2. The molecule has 0 aliphatic carbocycles. The molecule has 3 rings (SSSR count). The Labute approximate surface area is 129 Å². The summed E-state index contributed by atoms with van der Waals surface area (Å²) in [6, 6.07) is 19.7. The van der Waals surface area contributed by atoms with E-state index < -0.39 is 10.0 Å². The summed E-state index contributed by atoms with van der Waals surface area (Å²) in [4.78, 5) is 0.819. The highest BCUT2D eigenvalue weighted by molar-refractivity contribution is 7.92. The Balaban J connectivity index is 2.02. The Morgan fingerprint density at radius 2 is 1.48 bits per heavy atom. The standard InChI is InChI=1S/C16H13NO2S2/c18-21(19,17-15-7-3-4-8-16(15)20)14-10-9-12-5-1-2-6-13(12)11-14/h1-11,17,20H. The molecule has 0 bridgehead atoms. The fourth-order valence-electron chi connectivity index (χ4n) is 2.10. The first-order valence-corrected chi connectivity index (χ1v) is 8.29. The Morgan fingerprint density at radius 1 is 0.810 bits per heavy atom. The topological polar surface area (TPSA) is 46.2 Å². The van der Waals surface area contributed by atoms with Crippen LogP contribution in [0.25, 0.3) is 10.8 Å². The second-order valence-electron chi connectivity index (χ2n) is 4.63. The minimum atomic E-state index is -3.63. The Kier molecular flexibility index (Phi) is 3.61. The van der Waals surface area contributed by atoms with Crippen molar-refractivity contribution in [1.29, 1.82) is 0 Å². The van der Waals surface area contributed by atoms with Crippen molar-refractivity contribution in [1.82, 2.24) is 0 Å². The molecule has 0 radical (unpaired) electrons. The van der Waals surface area contributed by atoms with E-state index in [0.29, 0.717) is 10.6 Å². The molecule has 0 atom stereocenters. The summed E-state index contributed by atoms with van der Waals surface area (Å²) >= 11 is 4.25. The van der Waals surface area contributed by atoms with E-state index in [1.54, 1.807) is 42.5 Å². The molecule has 3 aromatic rings. The Hall–Kier alpha value is -1.98. The lowest BCUT2D eigenvalue weighted by molar-refractivity contribution is 0.601. The number of hydrogen-bond donors (Lipinski definition) is 2. The highest BCUT2D eigenvalue weighted by Gasteiger charge is 2.15. The van der Waals surface area contributed by atoms with Gasteiger partial charge in [0.15, 0.2) is 0 Å². The third kappa shape index (κ3) is 2.89. The third-order valence-corrected chi connectivity index (χ3v) is 4.93. The van der Waals surface area contributed by atoms with Crippen molar-refractivity contribution in [2.75, 3.05) is 4.72 Å². The molecule has 0 heterocycles. The molecule has 0 saturated heterocycles. The van der Waals surface area contributed by atoms with Crippen LogP contribution < -0.4 is 4.72 Å². The molecule has 106 valence electrons. The normalized spacial score (nSPS) is 11.5. The molecule has 21 heavy (non-hydrogen) atoms. The second kappa shape index (κ2) is 5.42. The van der Waals surface area contributed by atoms with Gasteiger partial charge in [-0.3, -0.25) is 4.72 Å². The zero-order valence-electron chi connectivity index (χ0n) is 11.0. The van der Waals surface area contributed by atoms with Crippen LogP contribution in [0.2, 0.25) is 0 Å². The monoisotopic (exact) mass is 315 g/mol. The largest absolute Gasteiger partial charge is 0.279 e. The van der Waals surface area contributed by atoms with Crippen molar-refractivity contribution in [3.05, 3.63) is 66.7 Å². The van der Waals surface area contributed by atoms with Gasteiger partial charge in [0.25, 0.3) is 10.0 Å². The van der Waals surface area contributed by atoms with Crippen molar-refractivity contribution < 1.29 is 8.42 Å². The lowest BCUT2D eigenvalue weighted by Gasteiger charge is -2.10. The number of thiol groups is 1. The number of benzene rings is 3. The van der Waals surface area contributed by atoms with Gasteiger partial charge in [-0.1, -0.05) is 42.5 Å². The van der Waals surface area contributed by atoms with Crippen LogP contribution in [0, 0.1) is 0 Å². The van der Waals surface area contributed by atoms with Crippen molar-refractivity contribution in [3.8, 4) is 0 Å². The van der Waals surface area contributed by atoms with E-state index in [2.05, 4.69) is 17.4 Å². The molecule has 3 nitrogen and oxygen atoms in total. The van der Waals surface area contributed by atoms with E-state index >= 15 is 0 Å². The summed E-state index contributed by atoms with van der Waals surface area (Å²) in [7, 11) is -3.63. The van der Waals surface area contributed by atoms with Crippen LogP contribution in [0.15, 0.2) is 76.5 Å². The zero-order chi connectivity index (χ0) is 14.9. The highest BCUT2D eigenvalue weighted by atomic mass is 32.2. The molecule has 0 saturated carbocycles. The molecule has 0 spiro atoms. The van der Waals surface area contributed by atoms with Gasteiger partial charge in [0.05, 0.1) is 10.6 Å². The van der Waals surface area contributed by atoms with Crippen molar-refractivity contribution in [2.24, 2.45) is 0 Å². The van der Waals surface area contributed by atoms with Gasteiger partial charge in [-0.15, -0.1) is 12.6 Å². The maximum atomic E-state index is 12.5. The molecule has 0 fully saturated rings. The van der Waals surface area contributed by atoms with Gasteiger partial charge in [-0.25, -0.2) is 8.42 Å². The smallest absolute Gasteiger partial charge is 0.261 e. The molecule has 0 aromatic heterocycles. The number of anilines is 1. The van der Waals surface area contributed by atoms with Gasteiger partial charge in [-0.05, 0) is 35.0 Å². The van der Waals surface area contributed by atoms with Crippen LogP contribution in [0.4, 0.5) is 5.69 Å². The summed E-state index contributed by atoms with van der Waals surface area (Å²) in [6.45, 7) is 0. The average Bonchev–Trinajstić information content (AvgIpc) is 2.49. The van der Waals surface area contributed by atoms with Gasteiger partial charge < -0.3 is 0 Å². The van der Waals surface area contributed by atoms with E-state index in [9.17, 15) is 8.42 Å². The van der Waals surface area contributed by atoms with Crippen LogP contribution in [0.1, 0.15) is 0 Å². The molecule has 3 aromatic carbocycles. The minimum absolute atomic E-state index is 0.234. The SMILES string of the molecule is O=S(=O)(Nc1ccccc1S)c1ccc2ccccc2c1. The number of nitrogens with one attached hydrogen (secondary N) is 1. The summed E-state index contributed by atoms with van der Waals surface area (Å²) < 4.78 is 27.5. The predicted molar refractivity (Wildman–Crippen MR) is 88.5 cm³/mol. The number of rotatable bonds is 3. The molecule has 0 amide bonds. The quantitative estimate of drug-likeness (QED) is 0.719. The Bertz CT molecular complexity index is 905. The first-order chi connectivity index (χ1) is 10.1. The highest BCUT2D eigenvalue weighted by Crippen LogP contribution is 2.24. The third-order valence-electron chi connectivity index (χ3n) is 3.18. The van der Waals surface area contributed by atoms with E-state index in [1.165, 1.54) is 0 Å². The Morgan fingerprint density at radius 3 is 2.24 bits per heavy atom. The molecular weight excluding hydrogens is 302 g/mol. The number of hydrogen-bond acceptors (Lipinski definition) is 3. The number of sulfonamides is 1. The van der Waals surface area contributed by atoms with E-state index in [0.717, 1.165) is 10.8 Å². The van der Waals surface area contributed by atoms with Crippen LogP contribution in [-0.4, -0.2) is 8.42 Å². The van der Waals surface area contributed by atoms with Crippen LogP contribution in [0.3, 0.4) is 0 Å². The molecule has 1 N–H and O–H groups in total. The average molecular weight is 315 g/mol. The van der Waals surface area contributed by atoms with E-state index in [-0.39, 0.29) is 4.90 Å².